The van der Waals surface area contributed by atoms with Crippen LogP contribution in [0.4, 0.5) is 0 Å². The van der Waals surface area contributed by atoms with E-state index in [2.05, 4.69) is 0 Å². The van der Waals surface area contributed by atoms with Gasteiger partial charge in [-0.2, -0.15) is 0 Å². The summed E-state index contributed by atoms with van der Waals surface area (Å²) in [5.74, 6) is 4.44. The summed E-state index contributed by atoms with van der Waals surface area (Å²) in [7, 11) is 0. The Morgan fingerprint density at radius 2 is 1.29 bits per heavy atom. The Morgan fingerprint density at radius 3 is 1.71 bits per heavy atom. The summed E-state index contributed by atoms with van der Waals surface area (Å²) >= 11 is 0. The van der Waals surface area contributed by atoms with E-state index in [1.807, 2.05) is 0 Å². The van der Waals surface area contributed by atoms with E-state index < -0.39 is 0 Å². The van der Waals surface area contributed by atoms with Crippen LogP contribution in [0.2, 0.25) is 0 Å². The fourth-order valence-electron chi connectivity index (χ4n) is 5.71. The Labute approximate surface area is 86.4 Å². The summed E-state index contributed by atoms with van der Waals surface area (Å²) in [4.78, 5) is 0. The van der Waals surface area contributed by atoms with E-state index in [1.54, 1.807) is 32.1 Å². The minimum atomic E-state index is 0.563. The quantitative estimate of drug-likeness (QED) is 0.625. The molecule has 0 unspecified atom stereocenters. The standard InChI is InChI=1S/C13H21N/c14-12-6-13(7-12)10-2-8-1-9(4-10)5-11(13)3-8/h8-12H,1-7,14H2. The van der Waals surface area contributed by atoms with Gasteiger partial charge in [-0.15, -0.1) is 0 Å². The van der Waals surface area contributed by atoms with Crippen molar-refractivity contribution in [3.05, 3.63) is 0 Å². The average molecular weight is 191 g/mol. The van der Waals surface area contributed by atoms with Crippen LogP contribution in [0.1, 0.15) is 44.9 Å². The van der Waals surface area contributed by atoms with Crippen molar-refractivity contribution in [1.82, 2.24) is 0 Å². The molecule has 1 nitrogen and oxygen atoms in total. The molecule has 5 saturated carbocycles. The highest BCUT2D eigenvalue weighted by Gasteiger charge is 2.60. The Hall–Kier alpha value is -0.0400. The van der Waals surface area contributed by atoms with Gasteiger partial charge >= 0.3 is 0 Å². The third-order valence-electron chi connectivity index (χ3n) is 6.05. The maximum Gasteiger partial charge on any atom is 0.00498 e. The molecule has 78 valence electrons. The lowest BCUT2D eigenvalue weighted by Crippen LogP contribution is -2.61. The summed E-state index contributed by atoms with van der Waals surface area (Å²) in [6.07, 6.45) is 10.6. The Bertz CT molecular complexity index is 234. The minimum Gasteiger partial charge on any atom is -0.328 e. The molecule has 0 atom stereocenters. The first-order valence-electron chi connectivity index (χ1n) is 6.52. The fraction of sp³-hybridized carbons (Fsp3) is 1.00. The van der Waals surface area contributed by atoms with Gasteiger partial charge in [0.05, 0.1) is 0 Å². The summed E-state index contributed by atoms with van der Waals surface area (Å²) in [6, 6.07) is 0.563. The molecule has 1 heteroatoms. The van der Waals surface area contributed by atoms with Gasteiger partial charge in [-0.3, -0.25) is 0 Å². The van der Waals surface area contributed by atoms with Gasteiger partial charge < -0.3 is 5.73 Å². The van der Waals surface area contributed by atoms with Crippen molar-refractivity contribution in [3.63, 3.8) is 0 Å². The molecule has 0 radical (unpaired) electrons. The number of hydrogen-bond donors (Lipinski definition) is 1. The lowest BCUT2D eigenvalue weighted by Gasteiger charge is -2.66. The van der Waals surface area contributed by atoms with Gasteiger partial charge in [0, 0.05) is 6.04 Å². The predicted octanol–water partition coefficient (Wildman–Crippen LogP) is 2.55. The molecule has 14 heavy (non-hydrogen) atoms. The fourth-order valence-corrected chi connectivity index (χ4v) is 5.71. The van der Waals surface area contributed by atoms with Gasteiger partial charge in [-0.05, 0) is 74.0 Å². The Kier molecular flexibility index (Phi) is 1.38. The van der Waals surface area contributed by atoms with Crippen molar-refractivity contribution >= 4 is 0 Å². The molecule has 5 fully saturated rings. The highest BCUT2D eigenvalue weighted by Crippen LogP contribution is 2.68. The van der Waals surface area contributed by atoms with Crippen LogP contribution in [0, 0.1) is 29.1 Å². The molecule has 1 spiro atoms. The first-order chi connectivity index (χ1) is 6.76. The van der Waals surface area contributed by atoms with Crippen molar-refractivity contribution in [2.45, 2.75) is 51.0 Å². The van der Waals surface area contributed by atoms with E-state index in [0.29, 0.717) is 6.04 Å². The Morgan fingerprint density at radius 1 is 0.786 bits per heavy atom. The zero-order chi connectivity index (χ0) is 9.34. The highest BCUT2D eigenvalue weighted by atomic mass is 14.8. The number of hydrogen-bond acceptors (Lipinski definition) is 1. The first kappa shape index (κ1) is 8.15. The first-order valence-corrected chi connectivity index (χ1v) is 6.52. The van der Waals surface area contributed by atoms with Crippen molar-refractivity contribution in [2.24, 2.45) is 34.8 Å². The van der Waals surface area contributed by atoms with Crippen molar-refractivity contribution in [2.75, 3.05) is 0 Å². The normalized spacial score (nSPS) is 64.5. The largest absolute Gasteiger partial charge is 0.328 e. The number of nitrogens with two attached hydrogens (primary N) is 1. The van der Waals surface area contributed by atoms with E-state index in [0.717, 1.165) is 29.1 Å². The van der Waals surface area contributed by atoms with Crippen molar-refractivity contribution < 1.29 is 0 Å². The van der Waals surface area contributed by atoms with Crippen LogP contribution in [0.15, 0.2) is 0 Å². The zero-order valence-electron chi connectivity index (χ0n) is 8.91. The van der Waals surface area contributed by atoms with Crippen LogP contribution < -0.4 is 5.73 Å². The molecular weight excluding hydrogens is 170 g/mol. The third-order valence-corrected chi connectivity index (χ3v) is 6.05. The summed E-state index contributed by atoms with van der Waals surface area (Å²) in [6.45, 7) is 0. The van der Waals surface area contributed by atoms with E-state index in [-0.39, 0.29) is 0 Å². The molecule has 0 amide bonds. The molecule has 5 rings (SSSR count). The van der Waals surface area contributed by atoms with Crippen molar-refractivity contribution in [3.8, 4) is 0 Å². The molecule has 0 aliphatic heterocycles. The maximum absolute atomic E-state index is 6.03. The molecular formula is C13H21N. The topological polar surface area (TPSA) is 26.0 Å². The van der Waals surface area contributed by atoms with Gasteiger partial charge in [-0.25, -0.2) is 0 Å². The van der Waals surface area contributed by atoms with Gasteiger partial charge in [0.25, 0.3) is 0 Å². The second-order valence-electron chi connectivity index (χ2n) is 6.71. The SMILES string of the molecule is NC1CC2(C1)C1CC3CC(C1)CC2C3. The van der Waals surface area contributed by atoms with Crippen LogP contribution in [0.25, 0.3) is 0 Å². The lowest BCUT2D eigenvalue weighted by molar-refractivity contribution is -0.157. The van der Waals surface area contributed by atoms with Crippen LogP contribution in [0.5, 0.6) is 0 Å². The third kappa shape index (κ3) is 0.816. The summed E-state index contributed by atoms with van der Waals surface area (Å²) in [5.41, 5.74) is 6.80. The Balaban J connectivity index is 1.68. The molecule has 5 aliphatic carbocycles. The summed E-state index contributed by atoms with van der Waals surface area (Å²) < 4.78 is 0. The molecule has 2 N–H and O–H groups in total. The molecule has 0 aromatic heterocycles. The predicted molar refractivity (Wildman–Crippen MR) is 56.7 cm³/mol. The smallest absolute Gasteiger partial charge is 0.00498 e. The van der Waals surface area contributed by atoms with E-state index in [1.165, 1.54) is 12.8 Å². The van der Waals surface area contributed by atoms with Crippen LogP contribution in [0.3, 0.4) is 0 Å². The lowest BCUT2D eigenvalue weighted by atomic mass is 9.39. The molecule has 5 aliphatic rings. The van der Waals surface area contributed by atoms with E-state index in [4.69, 9.17) is 5.73 Å². The highest BCUT2D eigenvalue weighted by molar-refractivity contribution is 5.12. The van der Waals surface area contributed by atoms with Gasteiger partial charge in [0.2, 0.25) is 0 Å². The molecule has 0 aromatic rings. The van der Waals surface area contributed by atoms with E-state index in [9.17, 15) is 0 Å². The number of rotatable bonds is 0. The average Bonchev–Trinajstić information content (AvgIpc) is 2.08. The van der Waals surface area contributed by atoms with Gasteiger partial charge in [0.1, 0.15) is 0 Å². The monoisotopic (exact) mass is 191 g/mol. The molecule has 0 saturated heterocycles. The van der Waals surface area contributed by atoms with Gasteiger partial charge in [-0.1, -0.05) is 0 Å². The summed E-state index contributed by atoms with van der Waals surface area (Å²) in [5, 5.41) is 0. The minimum absolute atomic E-state index is 0.563. The van der Waals surface area contributed by atoms with Gasteiger partial charge in [0.15, 0.2) is 0 Å². The second kappa shape index (κ2) is 2.37. The molecule has 0 heterocycles. The molecule has 0 aromatic carbocycles. The second-order valence-corrected chi connectivity index (χ2v) is 6.71. The van der Waals surface area contributed by atoms with E-state index >= 15 is 0 Å². The van der Waals surface area contributed by atoms with Crippen molar-refractivity contribution in [1.29, 1.82) is 0 Å². The van der Waals surface area contributed by atoms with Crippen LogP contribution in [-0.2, 0) is 0 Å². The van der Waals surface area contributed by atoms with Crippen LogP contribution in [-0.4, -0.2) is 6.04 Å². The maximum atomic E-state index is 6.03. The van der Waals surface area contributed by atoms with Crippen LogP contribution >= 0.6 is 0 Å². The molecule has 4 bridgehead atoms. The zero-order valence-corrected chi connectivity index (χ0v) is 8.91.